The minimum Gasteiger partial charge on any atom is -0.444 e. The van der Waals surface area contributed by atoms with E-state index in [0.717, 1.165) is 52.2 Å². The molecule has 1 amide bonds. The van der Waals surface area contributed by atoms with E-state index in [1.54, 1.807) is 0 Å². The number of carbonyl (C=O) groups is 1. The van der Waals surface area contributed by atoms with Crippen LogP contribution in [0.4, 0.5) is 4.79 Å². The van der Waals surface area contributed by atoms with Crippen molar-refractivity contribution in [2.45, 2.75) is 52.8 Å². The van der Waals surface area contributed by atoms with Crippen molar-refractivity contribution in [2.24, 2.45) is 0 Å². The molecule has 0 aliphatic carbocycles. The molecule has 2 rings (SSSR count). The van der Waals surface area contributed by atoms with Crippen molar-refractivity contribution in [3.05, 3.63) is 35.4 Å². The molecule has 140 valence electrons. The largest absolute Gasteiger partial charge is 0.444 e. The van der Waals surface area contributed by atoms with E-state index in [4.69, 9.17) is 4.74 Å². The first-order valence-corrected chi connectivity index (χ1v) is 9.36. The Morgan fingerprint density at radius 1 is 1.08 bits per heavy atom. The Morgan fingerprint density at radius 3 is 2.24 bits per heavy atom. The van der Waals surface area contributed by atoms with Gasteiger partial charge in [0.15, 0.2) is 0 Å². The summed E-state index contributed by atoms with van der Waals surface area (Å²) in [6.45, 7) is 14.1. The summed E-state index contributed by atoms with van der Waals surface area (Å²) in [5, 5.41) is 3.42. The predicted molar refractivity (Wildman–Crippen MR) is 102 cm³/mol. The van der Waals surface area contributed by atoms with E-state index in [1.165, 1.54) is 11.1 Å². The first-order chi connectivity index (χ1) is 11.9. The smallest absolute Gasteiger partial charge is 0.410 e. The van der Waals surface area contributed by atoms with Crippen molar-refractivity contribution in [3.8, 4) is 0 Å². The number of hydrogen-bond donors (Lipinski definition) is 1. The maximum atomic E-state index is 12.1. The maximum absolute atomic E-state index is 12.1. The summed E-state index contributed by atoms with van der Waals surface area (Å²) in [6, 6.07) is 8.83. The molecule has 1 N–H and O–H groups in total. The molecular formula is C20H33N3O2. The van der Waals surface area contributed by atoms with Crippen LogP contribution in [0.25, 0.3) is 0 Å². The fourth-order valence-electron chi connectivity index (χ4n) is 2.85. The standard InChI is InChI=1S/C20H33N3O2/c1-5-10-21-15-17-6-8-18(9-7-17)16-22-11-13-23(14-12-22)19(24)25-20(2,3)4/h6-9,21H,5,10-16H2,1-4H3. The summed E-state index contributed by atoms with van der Waals surface area (Å²) in [5.74, 6) is 0. The van der Waals surface area contributed by atoms with Gasteiger partial charge in [-0.1, -0.05) is 31.2 Å². The fraction of sp³-hybridized carbons (Fsp3) is 0.650. The van der Waals surface area contributed by atoms with Gasteiger partial charge in [0.2, 0.25) is 0 Å². The lowest BCUT2D eigenvalue weighted by atomic mass is 10.1. The Labute approximate surface area is 152 Å². The van der Waals surface area contributed by atoms with Crippen LogP contribution in [0.1, 0.15) is 45.2 Å². The monoisotopic (exact) mass is 347 g/mol. The van der Waals surface area contributed by atoms with E-state index in [1.807, 2.05) is 25.7 Å². The van der Waals surface area contributed by atoms with Gasteiger partial charge in [-0.25, -0.2) is 4.79 Å². The Morgan fingerprint density at radius 2 is 1.68 bits per heavy atom. The number of nitrogens with zero attached hydrogens (tertiary/aromatic N) is 2. The summed E-state index contributed by atoms with van der Waals surface area (Å²) < 4.78 is 5.45. The van der Waals surface area contributed by atoms with Gasteiger partial charge in [-0.2, -0.15) is 0 Å². The molecule has 0 bridgehead atoms. The first-order valence-electron chi connectivity index (χ1n) is 9.36. The Hall–Kier alpha value is -1.59. The number of carbonyl (C=O) groups excluding carboxylic acids is 1. The number of amides is 1. The summed E-state index contributed by atoms with van der Waals surface area (Å²) >= 11 is 0. The predicted octanol–water partition coefficient (Wildman–Crippen LogP) is 3.24. The highest BCUT2D eigenvalue weighted by atomic mass is 16.6. The van der Waals surface area contributed by atoms with Crippen LogP contribution < -0.4 is 5.32 Å². The summed E-state index contributed by atoms with van der Waals surface area (Å²) in [7, 11) is 0. The number of hydrogen-bond acceptors (Lipinski definition) is 4. The second-order valence-corrected chi connectivity index (χ2v) is 7.74. The van der Waals surface area contributed by atoms with Gasteiger partial charge in [0, 0.05) is 39.3 Å². The molecule has 1 aromatic rings. The zero-order chi connectivity index (χ0) is 18.3. The van der Waals surface area contributed by atoms with Crippen LogP contribution in [0.15, 0.2) is 24.3 Å². The number of nitrogens with one attached hydrogen (secondary N) is 1. The topological polar surface area (TPSA) is 44.8 Å². The van der Waals surface area contributed by atoms with Crippen LogP contribution in [0.2, 0.25) is 0 Å². The average Bonchev–Trinajstić information content (AvgIpc) is 2.56. The average molecular weight is 348 g/mol. The molecule has 1 aromatic carbocycles. The summed E-state index contributed by atoms with van der Waals surface area (Å²) in [5.41, 5.74) is 2.22. The Kier molecular flexibility index (Phi) is 7.26. The van der Waals surface area contributed by atoms with E-state index < -0.39 is 5.60 Å². The molecule has 1 heterocycles. The van der Waals surface area contributed by atoms with Crippen LogP contribution in [-0.2, 0) is 17.8 Å². The zero-order valence-corrected chi connectivity index (χ0v) is 16.2. The van der Waals surface area contributed by atoms with Gasteiger partial charge in [0.1, 0.15) is 5.60 Å². The molecule has 0 saturated carbocycles. The molecule has 1 aliphatic rings. The summed E-state index contributed by atoms with van der Waals surface area (Å²) in [4.78, 5) is 16.3. The van der Waals surface area contributed by atoms with Crippen molar-refractivity contribution in [1.29, 1.82) is 0 Å². The Bertz CT molecular complexity index is 529. The van der Waals surface area contributed by atoms with E-state index in [9.17, 15) is 4.79 Å². The van der Waals surface area contributed by atoms with Gasteiger partial charge in [0.25, 0.3) is 0 Å². The highest BCUT2D eigenvalue weighted by Gasteiger charge is 2.25. The van der Waals surface area contributed by atoms with Gasteiger partial charge >= 0.3 is 6.09 Å². The fourth-order valence-corrected chi connectivity index (χ4v) is 2.85. The highest BCUT2D eigenvalue weighted by molar-refractivity contribution is 5.68. The third-order valence-corrected chi connectivity index (χ3v) is 4.21. The van der Waals surface area contributed by atoms with Gasteiger partial charge < -0.3 is 15.0 Å². The van der Waals surface area contributed by atoms with Crippen molar-refractivity contribution < 1.29 is 9.53 Å². The van der Waals surface area contributed by atoms with E-state index in [-0.39, 0.29) is 6.09 Å². The van der Waals surface area contributed by atoms with Crippen LogP contribution >= 0.6 is 0 Å². The maximum Gasteiger partial charge on any atom is 0.410 e. The molecule has 25 heavy (non-hydrogen) atoms. The molecule has 0 spiro atoms. The molecule has 0 atom stereocenters. The van der Waals surface area contributed by atoms with Crippen LogP contribution in [0, 0.1) is 0 Å². The lowest BCUT2D eigenvalue weighted by molar-refractivity contribution is 0.0139. The molecule has 0 radical (unpaired) electrons. The van der Waals surface area contributed by atoms with E-state index in [0.29, 0.717) is 0 Å². The SMILES string of the molecule is CCCNCc1ccc(CN2CCN(C(=O)OC(C)(C)C)CC2)cc1. The van der Waals surface area contributed by atoms with Crippen LogP contribution in [0.3, 0.4) is 0 Å². The van der Waals surface area contributed by atoms with Crippen LogP contribution in [0.5, 0.6) is 0 Å². The van der Waals surface area contributed by atoms with Crippen molar-refractivity contribution in [2.75, 3.05) is 32.7 Å². The molecule has 0 aromatic heterocycles. The minimum absolute atomic E-state index is 0.198. The molecular weight excluding hydrogens is 314 g/mol. The lowest BCUT2D eigenvalue weighted by Gasteiger charge is -2.35. The molecule has 0 unspecified atom stereocenters. The molecule has 5 nitrogen and oxygen atoms in total. The normalized spacial score (nSPS) is 16.1. The first kappa shape index (κ1) is 19.7. The van der Waals surface area contributed by atoms with Gasteiger partial charge in [-0.15, -0.1) is 0 Å². The van der Waals surface area contributed by atoms with Gasteiger partial charge in [-0.05, 0) is 44.9 Å². The van der Waals surface area contributed by atoms with Crippen LogP contribution in [-0.4, -0.2) is 54.2 Å². The van der Waals surface area contributed by atoms with E-state index in [2.05, 4.69) is 41.4 Å². The van der Waals surface area contributed by atoms with Gasteiger partial charge in [-0.3, -0.25) is 4.90 Å². The molecule has 1 fully saturated rings. The quantitative estimate of drug-likeness (QED) is 0.803. The van der Waals surface area contributed by atoms with Crippen molar-refractivity contribution in [3.63, 3.8) is 0 Å². The number of ether oxygens (including phenoxy) is 1. The van der Waals surface area contributed by atoms with Crippen molar-refractivity contribution in [1.82, 2.24) is 15.1 Å². The summed E-state index contributed by atoms with van der Waals surface area (Å²) in [6.07, 6.45) is 0.962. The van der Waals surface area contributed by atoms with Crippen molar-refractivity contribution >= 4 is 6.09 Å². The molecule has 1 saturated heterocycles. The highest BCUT2D eigenvalue weighted by Crippen LogP contribution is 2.14. The third-order valence-electron chi connectivity index (χ3n) is 4.21. The molecule has 5 heteroatoms. The zero-order valence-electron chi connectivity index (χ0n) is 16.2. The number of benzene rings is 1. The van der Waals surface area contributed by atoms with Gasteiger partial charge in [0.05, 0.1) is 0 Å². The van der Waals surface area contributed by atoms with E-state index >= 15 is 0 Å². The number of piperazine rings is 1. The lowest BCUT2D eigenvalue weighted by Crippen LogP contribution is -2.49. The second-order valence-electron chi connectivity index (χ2n) is 7.74. The number of rotatable bonds is 6. The molecule has 1 aliphatic heterocycles. The minimum atomic E-state index is -0.429. The second kappa shape index (κ2) is 9.20. The third kappa shape index (κ3) is 7.04. The Balaban J connectivity index is 1.75.